The van der Waals surface area contributed by atoms with E-state index in [4.69, 9.17) is 5.26 Å². The number of nitriles is 1. The van der Waals surface area contributed by atoms with E-state index >= 15 is 0 Å². The van der Waals surface area contributed by atoms with Gasteiger partial charge in [0.15, 0.2) is 5.16 Å². The molecule has 0 bridgehead atoms. The fourth-order valence-corrected chi connectivity index (χ4v) is 2.26. The van der Waals surface area contributed by atoms with Crippen LogP contribution in [0.5, 0.6) is 0 Å². The van der Waals surface area contributed by atoms with Crippen molar-refractivity contribution < 1.29 is 4.39 Å². The summed E-state index contributed by atoms with van der Waals surface area (Å²) in [4.78, 5) is 4.18. The van der Waals surface area contributed by atoms with Crippen molar-refractivity contribution in [3.8, 4) is 6.07 Å². The zero-order valence-corrected chi connectivity index (χ0v) is 10.0. The average molecular weight is 247 g/mol. The number of thioether (sulfide) groups is 1. The maximum Gasteiger partial charge on any atom is 0.167 e. The van der Waals surface area contributed by atoms with Crippen LogP contribution in [0.1, 0.15) is 11.1 Å². The van der Waals surface area contributed by atoms with Gasteiger partial charge in [-0.1, -0.05) is 17.8 Å². The highest BCUT2D eigenvalue weighted by Crippen LogP contribution is 2.21. The van der Waals surface area contributed by atoms with Gasteiger partial charge in [-0.2, -0.15) is 5.26 Å². The van der Waals surface area contributed by atoms with Crippen molar-refractivity contribution in [2.75, 3.05) is 0 Å². The summed E-state index contributed by atoms with van der Waals surface area (Å²) in [6.07, 6.45) is 3.60. The van der Waals surface area contributed by atoms with Crippen LogP contribution in [0.3, 0.4) is 0 Å². The lowest BCUT2D eigenvalue weighted by atomic mass is 10.1. The highest BCUT2D eigenvalue weighted by molar-refractivity contribution is 7.98. The average Bonchev–Trinajstić information content (AvgIpc) is 2.74. The summed E-state index contributed by atoms with van der Waals surface area (Å²) in [6, 6.07) is 6.42. The predicted octanol–water partition coefficient (Wildman–Crippen LogP) is 2.72. The van der Waals surface area contributed by atoms with Gasteiger partial charge in [-0.25, -0.2) is 9.37 Å². The molecule has 0 spiro atoms. The van der Waals surface area contributed by atoms with E-state index in [0.717, 1.165) is 10.7 Å². The molecule has 0 saturated heterocycles. The third-order valence-electron chi connectivity index (χ3n) is 2.30. The standard InChI is InChI=1S/C12H10FN3S/c1-16-5-4-15-12(16)17-8-9-2-3-11(13)10(6-9)7-14/h2-6H,8H2,1H3. The lowest BCUT2D eigenvalue weighted by molar-refractivity contribution is 0.623. The van der Waals surface area contributed by atoms with E-state index in [1.165, 1.54) is 6.07 Å². The lowest BCUT2D eigenvalue weighted by Gasteiger charge is -2.03. The summed E-state index contributed by atoms with van der Waals surface area (Å²) in [6.45, 7) is 0. The molecule has 0 N–H and O–H groups in total. The normalized spacial score (nSPS) is 10.2. The number of halogens is 1. The maximum absolute atomic E-state index is 13.1. The zero-order chi connectivity index (χ0) is 12.3. The maximum atomic E-state index is 13.1. The molecule has 17 heavy (non-hydrogen) atoms. The molecule has 0 unspecified atom stereocenters. The van der Waals surface area contributed by atoms with E-state index in [2.05, 4.69) is 4.98 Å². The van der Waals surface area contributed by atoms with Crippen molar-refractivity contribution >= 4 is 11.8 Å². The number of nitrogens with zero attached hydrogens (tertiary/aromatic N) is 3. The van der Waals surface area contributed by atoms with E-state index in [-0.39, 0.29) is 5.56 Å². The van der Waals surface area contributed by atoms with Gasteiger partial charge in [-0.05, 0) is 17.7 Å². The highest BCUT2D eigenvalue weighted by atomic mass is 32.2. The predicted molar refractivity (Wildman–Crippen MR) is 63.9 cm³/mol. The second-order valence-corrected chi connectivity index (χ2v) is 4.48. The first kappa shape index (κ1) is 11.7. The Bertz CT molecular complexity index is 571. The van der Waals surface area contributed by atoms with Crippen LogP contribution in [-0.2, 0) is 12.8 Å². The molecule has 3 nitrogen and oxygen atoms in total. The van der Waals surface area contributed by atoms with Crippen LogP contribution in [0, 0.1) is 17.1 Å². The van der Waals surface area contributed by atoms with Crippen molar-refractivity contribution in [1.29, 1.82) is 5.26 Å². The van der Waals surface area contributed by atoms with Crippen LogP contribution in [-0.4, -0.2) is 9.55 Å². The molecule has 0 fully saturated rings. The molecule has 86 valence electrons. The minimum Gasteiger partial charge on any atom is -0.329 e. The first-order valence-electron chi connectivity index (χ1n) is 4.99. The molecule has 5 heteroatoms. The van der Waals surface area contributed by atoms with Crippen LogP contribution >= 0.6 is 11.8 Å². The van der Waals surface area contributed by atoms with Crippen molar-refractivity contribution in [2.45, 2.75) is 10.9 Å². The molecule has 0 aliphatic carbocycles. The molecular weight excluding hydrogens is 237 g/mol. The summed E-state index contributed by atoms with van der Waals surface area (Å²) < 4.78 is 15.0. The SMILES string of the molecule is Cn1ccnc1SCc1ccc(F)c(C#N)c1. The molecule has 0 radical (unpaired) electrons. The number of hydrogen-bond donors (Lipinski definition) is 0. The Balaban J connectivity index is 2.10. The van der Waals surface area contributed by atoms with Crippen molar-refractivity contribution in [1.82, 2.24) is 9.55 Å². The third kappa shape index (κ3) is 2.66. The molecule has 0 amide bonds. The monoisotopic (exact) mass is 247 g/mol. The number of imidazole rings is 1. The lowest BCUT2D eigenvalue weighted by Crippen LogP contribution is -1.91. The molecule has 1 aromatic heterocycles. The molecule has 0 saturated carbocycles. The van der Waals surface area contributed by atoms with Crippen LogP contribution in [0.4, 0.5) is 4.39 Å². The molecule has 2 aromatic rings. The molecule has 2 rings (SSSR count). The Morgan fingerprint density at radius 3 is 3.00 bits per heavy atom. The minimum atomic E-state index is -0.474. The van der Waals surface area contributed by atoms with Crippen LogP contribution in [0.15, 0.2) is 35.7 Å². The Morgan fingerprint density at radius 1 is 1.53 bits per heavy atom. The van der Waals surface area contributed by atoms with E-state index in [9.17, 15) is 4.39 Å². The van der Waals surface area contributed by atoms with E-state index < -0.39 is 5.82 Å². The fourth-order valence-electron chi connectivity index (χ4n) is 1.39. The second-order valence-electron chi connectivity index (χ2n) is 3.54. The number of rotatable bonds is 3. The Morgan fingerprint density at radius 2 is 2.35 bits per heavy atom. The molecule has 1 aromatic carbocycles. The molecule has 0 aliphatic heterocycles. The van der Waals surface area contributed by atoms with Gasteiger partial charge in [0.05, 0.1) is 5.56 Å². The number of aromatic nitrogens is 2. The van der Waals surface area contributed by atoms with Gasteiger partial charge in [-0.3, -0.25) is 0 Å². The topological polar surface area (TPSA) is 41.6 Å². The third-order valence-corrected chi connectivity index (χ3v) is 3.43. The minimum absolute atomic E-state index is 0.0861. The van der Waals surface area contributed by atoms with E-state index in [1.54, 1.807) is 30.1 Å². The molecule has 0 aliphatic rings. The molecule has 1 heterocycles. The van der Waals surface area contributed by atoms with Crippen LogP contribution in [0.2, 0.25) is 0 Å². The quantitative estimate of drug-likeness (QED) is 0.783. The van der Waals surface area contributed by atoms with Gasteiger partial charge in [0.2, 0.25) is 0 Å². The van der Waals surface area contributed by atoms with Crippen molar-refractivity contribution in [3.05, 3.63) is 47.5 Å². The van der Waals surface area contributed by atoms with E-state index in [0.29, 0.717) is 5.75 Å². The molecule has 0 atom stereocenters. The van der Waals surface area contributed by atoms with Gasteiger partial charge in [0.25, 0.3) is 0 Å². The summed E-state index contributed by atoms with van der Waals surface area (Å²) >= 11 is 1.55. The summed E-state index contributed by atoms with van der Waals surface area (Å²) in [5.41, 5.74) is 0.999. The number of hydrogen-bond acceptors (Lipinski definition) is 3. The van der Waals surface area contributed by atoms with Gasteiger partial charge in [0.1, 0.15) is 11.9 Å². The first-order valence-corrected chi connectivity index (χ1v) is 5.98. The number of benzene rings is 1. The van der Waals surface area contributed by atoms with Gasteiger partial charge >= 0.3 is 0 Å². The smallest absolute Gasteiger partial charge is 0.167 e. The Labute approximate surface area is 103 Å². The Hall–Kier alpha value is -1.80. The largest absolute Gasteiger partial charge is 0.329 e. The number of aryl methyl sites for hydroxylation is 1. The van der Waals surface area contributed by atoms with Crippen LogP contribution < -0.4 is 0 Å². The summed E-state index contributed by atoms with van der Waals surface area (Å²) in [5.74, 6) is 0.193. The van der Waals surface area contributed by atoms with Gasteiger partial charge in [-0.15, -0.1) is 0 Å². The summed E-state index contributed by atoms with van der Waals surface area (Å²) in [5, 5.41) is 9.62. The summed E-state index contributed by atoms with van der Waals surface area (Å²) in [7, 11) is 1.92. The first-order chi connectivity index (χ1) is 8.20. The second kappa shape index (κ2) is 5.02. The van der Waals surface area contributed by atoms with Gasteiger partial charge in [0, 0.05) is 25.2 Å². The van der Waals surface area contributed by atoms with Crippen LogP contribution in [0.25, 0.3) is 0 Å². The zero-order valence-electron chi connectivity index (χ0n) is 9.22. The highest BCUT2D eigenvalue weighted by Gasteiger charge is 2.05. The van der Waals surface area contributed by atoms with Gasteiger partial charge < -0.3 is 4.57 Å². The Kier molecular flexibility index (Phi) is 3.45. The fraction of sp³-hybridized carbons (Fsp3) is 0.167. The van der Waals surface area contributed by atoms with Crippen molar-refractivity contribution in [3.63, 3.8) is 0 Å². The van der Waals surface area contributed by atoms with Crippen molar-refractivity contribution in [2.24, 2.45) is 7.05 Å². The molecular formula is C12H10FN3S. The van der Waals surface area contributed by atoms with E-state index in [1.807, 2.05) is 23.9 Å².